The fourth-order valence-corrected chi connectivity index (χ4v) is 3.71. The number of anilines is 2. The van der Waals surface area contributed by atoms with Crippen LogP contribution in [-0.2, 0) is 16.0 Å². The zero-order chi connectivity index (χ0) is 21.8. The van der Waals surface area contributed by atoms with Crippen molar-refractivity contribution in [2.75, 3.05) is 11.5 Å². The molecule has 0 bridgehead atoms. The summed E-state index contributed by atoms with van der Waals surface area (Å²) in [6.07, 6.45) is -0.840. The first-order valence-electron chi connectivity index (χ1n) is 10.3. The van der Waals surface area contributed by atoms with E-state index < -0.39 is 12.1 Å². The van der Waals surface area contributed by atoms with E-state index in [0.717, 1.165) is 28.4 Å². The molecule has 3 aromatic rings. The molecule has 3 aromatic carbocycles. The molecular formula is C25H25NO5. The molecule has 2 atom stereocenters. The standard InChI is InChI=1S/C25H25NO5/c1-3-29-24(25(27)28)16-18-12-14-19(15-13-18)30-17(2)26-20-8-4-6-10-22(20)31-23-11-7-5-9-21(23)26/h4-15,17,24H,3,16H2,1-2H3,(H,27,28). The Morgan fingerprint density at radius 1 is 0.968 bits per heavy atom. The second kappa shape index (κ2) is 9.10. The number of nitrogens with zero attached hydrogens (tertiary/aromatic N) is 1. The number of ether oxygens (including phenoxy) is 3. The van der Waals surface area contributed by atoms with Gasteiger partial charge in [0.1, 0.15) is 5.75 Å². The van der Waals surface area contributed by atoms with Crippen molar-refractivity contribution in [3.05, 3.63) is 78.4 Å². The van der Waals surface area contributed by atoms with Crippen LogP contribution in [0.25, 0.3) is 0 Å². The summed E-state index contributed by atoms with van der Waals surface area (Å²) in [5.74, 6) is 1.30. The first-order valence-corrected chi connectivity index (χ1v) is 10.3. The van der Waals surface area contributed by atoms with Crippen molar-refractivity contribution in [3.8, 4) is 17.2 Å². The maximum Gasteiger partial charge on any atom is 0.333 e. The predicted octanol–water partition coefficient (Wildman–Crippen LogP) is 5.39. The molecule has 1 N–H and O–H groups in total. The minimum absolute atomic E-state index is 0.299. The van der Waals surface area contributed by atoms with Gasteiger partial charge in [-0.15, -0.1) is 0 Å². The topological polar surface area (TPSA) is 68.2 Å². The minimum Gasteiger partial charge on any atom is -0.479 e. The van der Waals surface area contributed by atoms with Gasteiger partial charge >= 0.3 is 5.97 Å². The summed E-state index contributed by atoms with van der Waals surface area (Å²) in [6.45, 7) is 4.14. The molecule has 0 radical (unpaired) electrons. The molecule has 4 rings (SSSR count). The van der Waals surface area contributed by atoms with Crippen molar-refractivity contribution < 1.29 is 24.1 Å². The SMILES string of the molecule is CCOC(Cc1ccc(OC(C)N2c3ccccc3Oc3ccccc32)cc1)C(=O)O. The molecule has 0 aliphatic carbocycles. The molecule has 6 heteroatoms. The number of fused-ring (bicyclic) bond motifs is 2. The first-order chi connectivity index (χ1) is 15.1. The van der Waals surface area contributed by atoms with E-state index in [4.69, 9.17) is 14.2 Å². The Morgan fingerprint density at radius 3 is 2.10 bits per heavy atom. The van der Waals surface area contributed by atoms with Crippen LogP contribution in [0.4, 0.5) is 11.4 Å². The van der Waals surface area contributed by atoms with Gasteiger partial charge in [0.2, 0.25) is 0 Å². The maximum atomic E-state index is 11.3. The second-order valence-electron chi connectivity index (χ2n) is 7.25. The summed E-state index contributed by atoms with van der Waals surface area (Å²) < 4.78 is 17.6. The third-order valence-corrected chi connectivity index (χ3v) is 5.13. The summed E-state index contributed by atoms with van der Waals surface area (Å²) >= 11 is 0. The van der Waals surface area contributed by atoms with E-state index in [2.05, 4.69) is 4.90 Å². The average molecular weight is 419 g/mol. The number of hydrogen-bond acceptors (Lipinski definition) is 5. The van der Waals surface area contributed by atoms with Gasteiger partial charge < -0.3 is 19.3 Å². The Bertz CT molecular complexity index is 1000. The zero-order valence-corrected chi connectivity index (χ0v) is 17.5. The Balaban J connectivity index is 1.53. The van der Waals surface area contributed by atoms with Gasteiger partial charge in [-0.05, 0) is 55.8 Å². The van der Waals surface area contributed by atoms with Gasteiger partial charge in [-0.25, -0.2) is 4.79 Å². The quantitative estimate of drug-likeness (QED) is 0.528. The fraction of sp³-hybridized carbons (Fsp3) is 0.240. The van der Waals surface area contributed by atoms with E-state index in [0.29, 0.717) is 18.8 Å². The monoisotopic (exact) mass is 419 g/mol. The number of benzene rings is 3. The summed E-state index contributed by atoms with van der Waals surface area (Å²) in [5, 5.41) is 9.28. The Kier molecular flexibility index (Phi) is 6.09. The molecule has 31 heavy (non-hydrogen) atoms. The summed E-state index contributed by atoms with van der Waals surface area (Å²) in [6, 6.07) is 23.2. The molecule has 0 amide bonds. The van der Waals surface area contributed by atoms with E-state index >= 15 is 0 Å². The molecule has 1 heterocycles. The fourth-order valence-electron chi connectivity index (χ4n) is 3.71. The van der Waals surface area contributed by atoms with Crippen molar-refractivity contribution in [2.24, 2.45) is 0 Å². The van der Waals surface area contributed by atoms with Crippen molar-refractivity contribution in [1.82, 2.24) is 0 Å². The average Bonchev–Trinajstić information content (AvgIpc) is 2.78. The first kappa shape index (κ1) is 20.8. The van der Waals surface area contributed by atoms with Crippen LogP contribution in [0.5, 0.6) is 17.2 Å². The van der Waals surface area contributed by atoms with E-state index in [1.165, 1.54) is 0 Å². The van der Waals surface area contributed by atoms with Crippen LogP contribution in [0.1, 0.15) is 19.4 Å². The molecule has 0 aromatic heterocycles. The molecule has 160 valence electrons. The smallest absolute Gasteiger partial charge is 0.333 e. The van der Waals surface area contributed by atoms with Crippen LogP contribution < -0.4 is 14.4 Å². The molecule has 0 spiro atoms. The number of hydrogen-bond donors (Lipinski definition) is 1. The summed E-state index contributed by atoms with van der Waals surface area (Å²) in [7, 11) is 0. The summed E-state index contributed by atoms with van der Waals surface area (Å²) in [4.78, 5) is 13.4. The van der Waals surface area contributed by atoms with Crippen LogP contribution in [0.2, 0.25) is 0 Å². The molecule has 1 aliphatic rings. The van der Waals surface area contributed by atoms with Crippen LogP contribution in [0.3, 0.4) is 0 Å². The van der Waals surface area contributed by atoms with E-state index in [1.807, 2.05) is 79.7 Å². The highest BCUT2D eigenvalue weighted by Crippen LogP contribution is 2.47. The molecule has 0 fully saturated rings. The lowest BCUT2D eigenvalue weighted by Crippen LogP contribution is -2.35. The van der Waals surface area contributed by atoms with E-state index in [1.54, 1.807) is 6.92 Å². The number of carboxylic acid groups (broad SMARTS) is 1. The number of aliphatic carboxylic acids is 1. The normalized spacial score (nSPS) is 14.1. The van der Waals surface area contributed by atoms with E-state index in [-0.39, 0.29) is 6.23 Å². The third kappa shape index (κ3) is 4.49. The van der Waals surface area contributed by atoms with Crippen LogP contribution in [-0.4, -0.2) is 30.0 Å². The molecule has 2 unspecified atom stereocenters. The molecule has 0 saturated carbocycles. The number of para-hydroxylation sites is 4. The summed E-state index contributed by atoms with van der Waals surface area (Å²) in [5.41, 5.74) is 2.75. The van der Waals surface area contributed by atoms with Gasteiger partial charge in [0, 0.05) is 13.0 Å². The van der Waals surface area contributed by atoms with Crippen molar-refractivity contribution in [3.63, 3.8) is 0 Å². The van der Waals surface area contributed by atoms with Crippen LogP contribution in [0.15, 0.2) is 72.8 Å². The van der Waals surface area contributed by atoms with Crippen molar-refractivity contribution >= 4 is 17.3 Å². The number of carboxylic acids is 1. The lowest BCUT2D eigenvalue weighted by molar-refractivity contribution is -0.149. The van der Waals surface area contributed by atoms with Crippen molar-refractivity contribution in [1.29, 1.82) is 0 Å². The highest BCUT2D eigenvalue weighted by atomic mass is 16.5. The van der Waals surface area contributed by atoms with E-state index in [9.17, 15) is 9.90 Å². The Hall–Kier alpha value is -3.51. The minimum atomic E-state index is -0.958. The molecule has 6 nitrogen and oxygen atoms in total. The largest absolute Gasteiger partial charge is 0.479 e. The zero-order valence-electron chi connectivity index (χ0n) is 17.5. The van der Waals surface area contributed by atoms with Crippen LogP contribution in [0, 0.1) is 0 Å². The van der Waals surface area contributed by atoms with Gasteiger partial charge in [-0.3, -0.25) is 4.90 Å². The van der Waals surface area contributed by atoms with Gasteiger partial charge in [-0.2, -0.15) is 0 Å². The number of rotatable bonds is 8. The second-order valence-corrected chi connectivity index (χ2v) is 7.25. The lowest BCUT2D eigenvalue weighted by Gasteiger charge is -2.36. The highest BCUT2D eigenvalue weighted by Gasteiger charge is 2.28. The maximum absolute atomic E-state index is 11.3. The van der Waals surface area contributed by atoms with Gasteiger partial charge in [0.15, 0.2) is 23.8 Å². The molecule has 0 saturated heterocycles. The molecular weight excluding hydrogens is 394 g/mol. The lowest BCUT2D eigenvalue weighted by atomic mass is 10.1. The molecule has 1 aliphatic heterocycles. The predicted molar refractivity (Wildman–Crippen MR) is 118 cm³/mol. The van der Waals surface area contributed by atoms with Gasteiger partial charge in [0.25, 0.3) is 0 Å². The Morgan fingerprint density at radius 2 is 1.55 bits per heavy atom. The highest BCUT2D eigenvalue weighted by molar-refractivity contribution is 5.78. The third-order valence-electron chi connectivity index (χ3n) is 5.13. The Labute approximate surface area is 181 Å². The van der Waals surface area contributed by atoms with Crippen LogP contribution >= 0.6 is 0 Å². The number of carbonyl (C=O) groups is 1. The van der Waals surface area contributed by atoms with Gasteiger partial charge in [-0.1, -0.05) is 36.4 Å². The van der Waals surface area contributed by atoms with Gasteiger partial charge in [0.05, 0.1) is 11.4 Å². The van der Waals surface area contributed by atoms with Crippen molar-refractivity contribution in [2.45, 2.75) is 32.6 Å².